The number of nitrogens with zero attached hydrogens (tertiary/aromatic N) is 2. The summed E-state index contributed by atoms with van der Waals surface area (Å²) < 4.78 is 25.0. The average molecular weight is 369 g/mol. The van der Waals surface area contributed by atoms with E-state index in [0.29, 0.717) is 27.7 Å². The number of pyridine rings is 1. The van der Waals surface area contributed by atoms with E-state index in [-0.39, 0.29) is 6.54 Å². The molecule has 6 nitrogen and oxygen atoms in total. The standard InChI is InChI=1S/C19H19N3O3S/c1-22(26(2,24)25)12-15-17(19(20)23)14-10-6-7-11-16(14)21-18(15)13-8-4-3-5-9-13/h3-11H,12H2,1-2H3,(H2,20,23). The summed E-state index contributed by atoms with van der Waals surface area (Å²) in [5.41, 5.74) is 8.44. The Morgan fingerprint density at radius 2 is 1.69 bits per heavy atom. The fourth-order valence-corrected chi connectivity index (χ4v) is 3.23. The largest absolute Gasteiger partial charge is 0.366 e. The zero-order chi connectivity index (χ0) is 18.9. The molecule has 0 aliphatic carbocycles. The van der Waals surface area contributed by atoms with Crippen LogP contribution in [-0.2, 0) is 16.6 Å². The van der Waals surface area contributed by atoms with Crippen molar-refractivity contribution < 1.29 is 13.2 Å². The highest BCUT2D eigenvalue weighted by Crippen LogP contribution is 2.31. The molecule has 0 aliphatic rings. The fraction of sp³-hybridized carbons (Fsp3) is 0.158. The molecule has 0 atom stereocenters. The predicted octanol–water partition coefficient (Wildman–Crippen LogP) is 2.39. The van der Waals surface area contributed by atoms with Crippen LogP contribution in [0.1, 0.15) is 15.9 Å². The van der Waals surface area contributed by atoms with Crippen molar-refractivity contribution in [2.75, 3.05) is 13.3 Å². The molecule has 7 heteroatoms. The van der Waals surface area contributed by atoms with Gasteiger partial charge in [0.15, 0.2) is 0 Å². The van der Waals surface area contributed by atoms with Gasteiger partial charge in [0.05, 0.1) is 23.0 Å². The molecule has 0 radical (unpaired) electrons. The van der Waals surface area contributed by atoms with Crippen LogP contribution in [0.4, 0.5) is 0 Å². The van der Waals surface area contributed by atoms with Gasteiger partial charge in [0, 0.05) is 30.1 Å². The molecular formula is C19H19N3O3S. The van der Waals surface area contributed by atoms with Gasteiger partial charge in [0.2, 0.25) is 15.9 Å². The minimum Gasteiger partial charge on any atom is -0.366 e. The van der Waals surface area contributed by atoms with Gasteiger partial charge in [-0.25, -0.2) is 17.7 Å². The van der Waals surface area contributed by atoms with Crippen molar-refractivity contribution >= 4 is 26.8 Å². The highest BCUT2D eigenvalue weighted by molar-refractivity contribution is 7.88. The maximum atomic E-state index is 12.3. The van der Waals surface area contributed by atoms with Crippen molar-refractivity contribution in [3.63, 3.8) is 0 Å². The van der Waals surface area contributed by atoms with E-state index in [1.54, 1.807) is 18.2 Å². The van der Waals surface area contributed by atoms with E-state index >= 15 is 0 Å². The van der Waals surface area contributed by atoms with Gasteiger partial charge in [0.25, 0.3) is 0 Å². The van der Waals surface area contributed by atoms with Crippen molar-refractivity contribution in [2.45, 2.75) is 6.54 Å². The molecule has 26 heavy (non-hydrogen) atoms. The Labute approximate surface area is 152 Å². The first-order valence-electron chi connectivity index (χ1n) is 7.97. The fourth-order valence-electron chi connectivity index (χ4n) is 2.86. The maximum Gasteiger partial charge on any atom is 0.249 e. The van der Waals surface area contributed by atoms with Crippen LogP contribution in [0.25, 0.3) is 22.2 Å². The molecule has 2 aromatic carbocycles. The van der Waals surface area contributed by atoms with Gasteiger partial charge < -0.3 is 5.73 Å². The average Bonchev–Trinajstić information content (AvgIpc) is 2.60. The molecule has 0 bridgehead atoms. The molecule has 0 saturated carbocycles. The summed E-state index contributed by atoms with van der Waals surface area (Å²) in [6.45, 7) is -0.000825. The van der Waals surface area contributed by atoms with Crippen molar-refractivity contribution in [3.8, 4) is 11.3 Å². The van der Waals surface area contributed by atoms with Crippen LogP contribution < -0.4 is 5.73 Å². The molecule has 2 N–H and O–H groups in total. The van der Waals surface area contributed by atoms with E-state index in [2.05, 4.69) is 0 Å². The summed E-state index contributed by atoms with van der Waals surface area (Å²) in [5, 5.41) is 0.608. The molecule has 0 aliphatic heterocycles. The van der Waals surface area contributed by atoms with Crippen molar-refractivity contribution in [3.05, 3.63) is 65.7 Å². The number of sulfonamides is 1. The Bertz CT molecular complexity index is 1080. The summed E-state index contributed by atoms with van der Waals surface area (Å²) in [7, 11) is -1.98. The maximum absolute atomic E-state index is 12.3. The first-order chi connectivity index (χ1) is 12.3. The van der Waals surface area contributed by atoms with Crippen LogP contribution in [0.5, 0.6) is 0 Å². The summed E-state index contributed by atoms with van der Waals surface area (Å²) in [6.07, 6.45) is 1.12. The Morgan fingerprint density at radius 1 is 1.08 bits per heavy atom. The van der Waals surface area contributed by atoms with E-state index in [9.17, 15) is 13.2 Å². The highest BCUT2D eigenvalue weighted by atomic mass is 32.2. The molecule has 0 spiro atoms. The van der Waals surface area contributed by atoms with Crippen LogP contribution in [0.2, 0.25) is 0 Å². The minimum absolute atomic E-state index is 0.000825. The zero-order valence-corrected chi connectivity index (χ0v) is 15.3. The number of fused-ring (bicyclic) bond motifs is 1. The van der Waals surface area contributed by atoms with E-state index < -0.39 is 15.9 Å². The SMILES string of the molecule is CN(Cc1c(-c2ccccc2)nc2ccccc2c1C(N)=O)S(C)(=O)=O. The molecule has 0 fully saturated rings. The number of amides is 1. The molecule has 134 valence electrons. The second-order valence-corrected chi connectivity index (χ2v) is 8.17. The van der Waals surface area contributed by atoms with Gasteiger partial charge in [0.1, 0.15) is 0 Å². The lowest BCUT2D eigenvalue weighted by Gasteiger charge is -2.20. The molecule has 0 saturated heterocycles. The molecule has 1 amide bonds. The number of carbonyl (C=O) groups excluding carboxylic acids is 1. The van der Waals surface area contributed by atoms with Crippen LogP contribution in [-0.4, -0.2) is 36.9 Å². The number of benzene rings is 2. The van der Waals surface area contributed by atoms with E-state index in [4.69, 9.17) is 10.7 Å². The van der Waals surface area contributed by atoms with E-state index in [0.717, 1.165) is 11.8 Å². The molecule has 3 aromatic rings. The monoisotopic (exact) mass is 369 g/mol. The summed E-state index contributed by atoms with van der Waals surface area (Å²) >= 11 is 0. The van der Waals surface area contributed by atoms with Gasteiger partial charge in [-0.05, 0) is 6.07 Å². The van der Waals surface area contributed by atoms with Gasteiger partial charge in [-0.1, -0.05) is 48.5 Å². The second-order valence-electron chi connectivity index (χ2n) is 6.08. The number of aromatic nitrogens is 1. The second kappa shape index (κ2) is 6.86. The number of hydrogen-bond donors (Lipinski definition) is 1. The lowest BCUT2D eigenvalue weighted by atomic mass is 9.96. The third kappa shape index (κ3) is 3.44. The number of hydrogen-bond acceptors (Lipinski definition) is 4. The number of para-hydroxylation sites is 1. The van der Waals surface area contributed by atoms with Gasteiger partial charge in [-0.2, -0.15) is 0 Å². The highest BCUT2D eigenvalue weighted by Gasteiger charge is 2.23. The van der Waals surface area contributed by atoms with Crippen LogP contribution >= 0.6 is 0 Å². The summed E-state index contributed by atoms with van der Waals surface area (Å²) in [6, 6.07) is 16.5. The van der Waals surface area contributed by atoms with Gasteiger partial charge in [-0.15, -0.1) is 0 Å². The van der Waals surface area contributed by atoms with E-state index in [1.807, 2.05) is 36.4 Å². The molecule has 1 aromatic heterocycles. The number of rotatable bonds is 5. The van der Waals surface area contributed by atoms with Crippen molar-refractivity contribution in [2.24, 2.45) is 5.73 Å². The van der Waals surface area contributed by atoms with Crippen LogP contribution in [0.15, 0.2) is 54.6 Å². The topological polar surface area (TPSA) is 93.4 Å². The van der Waals surface area contributed by atoms with Crippen molar-refractivity contribution in [1.29, 1.82) is 0 Å². The smallest absolute Gasteiger partial charge is 0.249 e. The minimum atomic E-state index is -3.44. The Balaban J connectivity index is 2.37. The molecular weight excluding hydrogens is 350 g/mol. The lowest BCUT2D eigenvalue weighted by Crippen LogP contribution is -2.27. The molecule has 1 heterocycles. The zero-order valence-electron chi connectivity index (χ0n) is 14.5. The quantitative estimate of drug-likeness (QED) is 0.747. The first kappa shape index (κ1) is 18.0. The number of carbonyl (C=O) groups is 1. The Hall–Kier alpha value is -2.77. The number of nitrogens with two attached hydrogens (primary N) is 1. The van der Waals surface area contributed by atoms with Crippen LogP contribution in [0.3, 0.4) is 0 Å². The summed E-state index contributed by atoms with van der Waals surface area (Å²) in [4.78, 5) is 17.0. The molecule has 3 rings (SSSR count). The van der Waals surface area contributed by atoms with Gasteiger partial charge >= 0.3 is 0 Å². The Kier molecular flexibility index (Phi) is 4.76. The third-order valence-electron chi connectivity index (χ3n) is 4.23. The third-order valence-corrected chi connectivity index (χ3v) is 5.50. The predicted molar refractivity (Wildman–Crippen MR) is 102 cm³/mol. The van der Waals surface area contributed by atoms with Gasteiger partial charge in [-0.3, -0.25) is 4.79 Å². The lowest BCUT2D eigenvalue weighted by molar-refractivity contribution is 0.100. The molecule has 0 unspecified atom stereocenters. The summed E-state index contributed by atoms with van der Waals surface area (Å²) in [5.74, 6) is -0.613. The first-order valence-corrected chi connectivity index (χ1v) is 9.82. The Morgan fingerprint density at radius 3 is 2.31 bits per heavy atom. The van der Waals surface area contributed by atoms with Crippen molar-refractivity contribution in [1.82, 2.24) is 9.29 Å². The number of primary amides is 1. The normalized spacial score (nSPS) is 11.8. The van der Waals surface area contributed by atoms with Crippen LogP contribution in [0, 0.1) is 0 Å². The van der Waals surface area contributed by atoms with E-state index in [1.165, 1.54) is 11.4 Å².